The van der Waals surface area contributed by atoms with E-state index in [4.69, 9.17) is 5.26 Å². The summed E-state index contributed by atoms with van der Waals surface area (Å²) in [7, 11) is 0. The molecule has 0 bridgehead atoms. The lowest BCUT2D eigenvalue weighted by molar-refractivity contribution is 0.0706. The molecule has 1 aromatic rings. The van der Waals surface area contributed by atoms with E-state index in [-0.39, 0.29) is 12.1 Å². The van der Waals surface area contributed by atoms with Gasteiger partial charge in [-0.05, 0) is 25.9 Å². The molecule has 6 nitrogen and oxygen atoms in total. The zero-order chi connectivity index (χ0) is 13.9. The van der Waals surface area contributed by atoms with E-state index in [1.165, 1.54) is 25.5 Å². The first-order valence-electron chi connectivity index (χ1n) is 7.18. The van der Waals surface area contributed by atoms with Crippen LogP contribution >= 0.6 is 0 Å². The van der Waals surface area contributed by atoms with Crippen molar-refractivity contribution in [1.82, 2.24) is 14.9 Å². The number of hydrogen-bond donors (Lipinski definition) is 1. The van der Waals surface area contributed by atoms with Crippen molar-refractivity contribution in [3.05, 3.63) is 18.1 Å². The van der Waals surface area contributed by atoms with E-state index in [9.17, 15) is 5.11 Å². The highest BCUT2D eigenvalue weighted by atomic mass is 16.3. The van der Waals surface area contributed by atoms with Gasteiger partial charge in [0.1, 0.15) is 6.07 Å². The van der Waals surface area contributed by atoms with Crippen LogP contribution in [0.1, 0.15) is 25.0 Å². The minimum atomic E-state index is -0.387. The molecule has 0 unspecified atom stereocenters. The van der Waals surface area contributed by atoms with E-state index in [1.54, 1.807) is 6.20 Å². The highest BCUT2D eigenvalue weighted by Gasteiger charge is 2.37. The molecular formula is C14H19N5O. The van der Waals surface area contributed by atoms with Gasteiger partial charge in [-0.3, -0.25) is 4.90 Å². The summed E-state index contributed by atoms with van der Waals surface area (Å²) in [5.74, 6) is 0.591. The van der Waals surface area contributed by atoms with Gasteiger partial charge in [-0.1, -0.05) is 6.42 Å². The van der Waals surface area contributed by atoms with Crippen LogP contribution in [0.5, 0.6) is 0 Å². The molecule has 0 spiro atoms. The van der Waals surface area contributed by atoms with Gasteiger partial charge in [0.25, 0.3) is 0 Å². The SMILES string of the molecule is N#Cc1nccnc1N1C[C@H](O)[C@@H](N2CCCCC2)C1. The smallest absolute Gasteiger partial charge is 0.183 e. The molecular weight excluding hydrogens is 254 g/mol. The van der Waals surface area contributed by atoms with Gasteiger partial charge in [-0.15, -0.1) is 0 Å². The molecule has 1 aromatic heterocycles. The number of aliphatic hydroxyl groups excluding tert-OH is 1. The molecule has 0 amide bonds. The first-order valence-corrected chi connectivity index (χ1v) is 7.18. The van der Waals surface area contributed by atoms with E-state index in [2.05, 4.69) is 20.9 Å². The number of nitrogens with zero attached hydrogens (tertiary/aromatic N) is 5. The fourth-order valence-electron chi connectivity index (χ4n) is 3.19. The minimum Gasteiger partial charge on any atom is -0.390 e. The zero-order valence-corrected chi connectivity index (χ0v) is 11.4. The number of β-amino-alcohol motifs (C(OH)–C–C–N with tert-alkyl or cyclic N) is 1. The normalized spacial score (nSPS) is 27.5. The lowest BCUT2D eigenvalue weighted by Crippen LogP contribution is -2.45. The maximum atomic E-state index is 10.3. The van der Waals surface area contributed by atoms with Crippen LogP contribution in [0.3, 0.4) is 0 Å². The summed E-state index contributed by atoms with van der Waals surface area (Å²) in [5.41, 5.74) is 0.332. The Morgan fingerprint density at radius 3 is 2.65 bits per heavy atom. The third-order valence-corrected chi connectivity index (χ3v) is 4.20. The van der Waals surface area contributed by atoms with Crippen molar-refractivity contribution in [2.75, 3.05) is 31.1 Å². The van der Waals surface area contributed by atoms with Crippen LogP contribution in [-0.4, -0.2) is 58.3 Å². The van der Waals surface area contributed by atoms with Crippen LogP contribution in [0, 0.1) is 11.3 Å². The van der Waals surface area contributed by atoms with Crippen LogP contribution in [0.2, 0.25) is 0 Å². The van der Waals surface area contributed by atoms with Crippen molar-refractivity contribution in [3.63, 3.8) is 0 Å². The lowest BCUT2D eigenvalue weighted by Gasteiger charge is -2.33. The van der Waals surface area contributed by atoms with Crippen molar-refractivity contribution in [1.29, 1.82) is 5.26 Å². The molecule has 20 heavy (non-hydrogen) atoms. The Morgan fingerprint density at radius 1 is 1.15 bits per heavy atom. The average Bonchev–Trinajstić information content (AvgIpc) is 2.90. The Hall–Kier alpha value is -1.71. The van der Waals surface area contributed by atoms with Gasteiger partial charge in [0.2, 0.25) is 0 Å². The van der Waals surface area contributed by atoms with E-state index >= 15 is 0 Å². The summed E-state index contributed by atoms with van der Waals surface area (Å²) in [6.07, 6.45) is 6.43. The van der Waals surface area contributed by atoms with Crippen LogP contribution in [0.4, 0.5) is 5.82 Å². The Labute approximate surface area is 118 Å². The maximum Gasteiger partial charge on any atom is 0.183 e. The molecule has 0 aliphatic carbocycles. The molecule has 2 aliphatic rings. The predicted molar refractivity (Wildman–Crippen MR) is 74.2 cm³/mol. The summed E-state index contributed by atoms with van der Waals surface area (Å²) in [6, 6.07) is 2.21. The second-order valence-electron chi connectivity index (χ2n) is 5.48. The molecule has 2 saturated heterocycles. The summed E-state index contributed by atoms with van der Waals surface area (Å²) in [5, 5.41) is 19.4. The largest absolute Gasteiger partial charge is 0.390 e. The van der Waals surface area contributed by atoms with Gasteiger partial charge in [-0.25, -0.2) is 9.97 Å². The van der Waals surface area contributed by atoms with Crippen molar-refractivity contribution in [2.24, 2.45) is 0 Å². The number of aliphatic hydroxyl groups is 1. The van der Waals surface area contributed by atoms with E-state index in [0.29, 0.717) is 24.6 Å². The fourth-order valence-corrected chi connectivity index (χ4v) is 3.19. The Morgan fingerprint density at radius 2 is 1.90 bits per heavy atom. The number of anilines is 1. The van der Waals surface area contributed by atoms with E-state index in [0.717, 1.165) is 13.1 Å². The van der Waals surface area contributed by atoms with Gasteiger partial charge in [0.15, 0.2) is 11.5 Å². The lowest BCUT2D eigenvalue weighted by atomic mass is 10.1. The Balaban J connectivity index is 1.76. The van der Waals surface area contributed by atoms with Gasteiger partial charge in [0.05, 0.1) is 12.1 Å². The highest BCUT2D eigenvalue weighted by molar-refractivity contribution is 5.50. The van der Waals surface area contributed by atoms with E-state index in [1.807, 2.05) is 4.90 Å². The van der Waals surface area contributed by atoms with Gasteiger partial charge in [-0.2, -0.15) is 5.26 Å². The number of aromatic nitrogens is 2. The van der Waals surface area contributed by atoms with Crippen LogP contribution in [0.15, 0.2) is 12.4 Å². The average molecular weight is 273 g/mol. The highest BCUT2D eigenvalue weighted by Crippen LogP contribution is 2.25. The van der Waals surface area contributed by atoms with Crippen molar-refractivity contribution in [2.45, 2.75) is 31.4 Å². The molecule has 2 atom stereocenters. The fraction of sp³-hybridized carbons (Fsp3) is 0.643. The number of rotatable bonds is 2. The summed E-state index contributed by atoms with van der Waals surface area (Å²) in [4.78, 5) is 12.7. The quantitative estimate of drug-likeness (QED) is 0.839. The molecule has 1 N–H and O–H groups in total. The van der Waals surface area contributed by atoms with Gasteiger partial charge >= 0.3 is 0 Å². The van der Waals surface area contributed by atoms with Crippen LogP contribution in [0.25, 0.3) is 0 Å². The molecule has 106 valence electrons. The molecule has 3 heterocycles. The van der Waals surface area contributed by atoms with Gasteiger partial charge in [0, 0.05) is 25.5 Å². The number of hydrogen-bond acceptors (Lipinski definition) is 6. The first kappa shape index (κ1) is 13.3. The molecule has 2 aliphatic heterocycles. The van der Waals surface area contributed by atoms with E-state index < -0.39 is 0 Å². The second kappa shape index (κ2) is 5.73. The molecule has 2 fully saturated rings. The first-order chi connectivity index (χ1) is 9.79. The van der Waals surface area contributed by atoms with Crippen LogP contribution in [-0.2, 0) is 0 Å². The third-order valence-electron chi connectivity index (χ3n) is 4.20. The van der Waals surface area contributed by atoms with Gasteiger partial charge < -0.3 is 10.0 Å². The third kappa shape index (κ3) is 2.47. The summed E-state index contributed by atoms with van der Waals surface area (Å²) in [6.45, 7) is 3.35. The molecule has 6 heteroatoms. The second-order valence-corrected chi connectivity index (χ2v) is 5.48. The molecule has 0 aromatic carbocycles. The number of likely N-dealkylation sites (tertiary alicyclic amines) is 1. The predicted octanol–water partition coefficient (Wildman–Crippen LogP) is 0.384. The Bertz CT molecular complexity index is 509. The topological polar surface area (TPSA) is 76.3 Å². The summed E-state index contributed by atoms with van der Waals surface area (Å²) >= 11 is 0. The number of piperidine rings is 1. The number of nitriles is 1. The zero-order valence-electron chi connectivity index (χ0n) is 11.4. The minimum absolute atomic E-state index is 0.142. The Kier molecular flexibility index (Phi) is 3.81. The van der Waals surface area contributed by atoms with Crippen molar-refractivity contribution < 1.29 is 5.11 Å². The molecule has 0 saturated carbocycles. The van der Waals surface area contributed by atoms with Crippen molar-refractivity contribution >= 4 is 5.82 Å². The van der Waals surface area contributed by atoms with Crippen molar-refractivity contribution in [3.8, 4) is 6.07 Å². The van der Waals surface area contributed by atoms with Crippen LogP contribution < -0.4 is 4.90 Å². The maximum absolute atomic E-state index is 10.3. The summed E-state index contributed by atoms with van der Waals surface area (Å²) < 4.78 is 0. The molecule has 0 radical (unpaired) electrons. The molecule has 3 rings (SSSR count). The standard InChI is InChI=1S/C14H19N5O/c15-8-11-14(17-5-4-16-11)19-9-12(13(20)10-19)18-6-2-1-3-7-18/h4-5,12-13,20H,1-3,6-7,9-10H2/t12-,13-/m0/s1. The monoisotopic (exact) mass is 273 g/mol.